The molecule has 21 heavy (non-hydrogen) atoms. The molecule has 0 unspecified atom stereocenters. The van der Waals surface area contributed by atoms with Gasteiger partial charge in [0.05, 0.1) is 6.26 Å². The molecule has 110 valence electrons. The molecule has 0 radical (unpaired) electrons. The van der Waals surface area contributed by atoms with Crippen molar-refractivity contribution in [1.29, 1.82) is 0 Å². The van der Waals surface area contributed by atoms with Crippen molar-refractivity contribution in [3.8, 4) is 0 Å². The number of hydrogen-bond donors (Lipinski definition) is 1. The Balaban J connectivity index is 1.93. The quantitative estimate of drug-likeness (QED) is 0.940. The normalized spacial score (nSPS) is 15.9. The van der Waals surface area contributed by atoms with Crippen molar-refractivity contribution in [3.05, 3.63) is 48.0 Å². The number of hydrogen-bond acceptors (Lipinski definition) is 4. The number of furan rings is 1. The van der Waals surface area contributed by atoms with E-state index in [0.29, 0.717) is 11.6 Å². The average molecular weight is 285 g/mol. The van der Waals surface area contributed by atoms with E-state index in [-0.39, 0.29) is 11.9 Å². The molecule has 2 aromatic rings. The number of carbonyl (C=O) groups is 1. The maximum atomic E-state index is 12.8. The Hall–Kier alpha value is -2.14. The molecule has 2 aromatic heterocycles. The molecule has 5 heteroatoms. The Kier molecular flexibility index (Phi) is 4.01. The second kappa shape index (κ2) is 6.10. The molecule has 0 spiro atoms. The zero-order valence-corrected chi connectivity index (χ0v) is 12.1. The van der Waals surface area contributed by atoms with Crippen LogP contribution in [0.1, 0.15) is 29.0 Å². The van der Waals surface area contributed by atoms with E-state index in [1.54, 1.807) is 23.2 Å². The van der Waals surface area contributed by atoms with E-state index in [1.807, 2.05) is 19.1 Å². The number of nitrogens with one attached hydrogen (secondary N) is 1. The lowest BCUT2D eigenvalue weighted by molar-refractivity contribution is 0.0944. The van der Waals surface area contributed by atoms with E-state index in [1.165, 1.54) is 6.26 Å². The average Bonchev–Trinajstić information content (AvgIpc) is 3.05. The van der Waals surface area contributed by atoms with Crippen LogP contribution >= 0.6 is 0 Å². The highest BCUT2D eigenvalue weighted by Gasteiger charge is 2.29. The molecule has 3 heterocycles. The van der Waals surface area contributed by atoms with Crippen molar-refractivity contribution in [3.63, 3.8) is 0 Å². The summed E-state index contributed by atoms with van der Waals surface area (Å²) in [5.74, 6) is 0.924. The van der Waals surface area contributed by atoms with Crippen LogP contribution in [0.3, 0.4) is 0 Å². The van der Waals surface area contributed by atoms with Gasteiger partial charge in [0.2, 0.25) is 0 Å². The van der Waals surface area contributed by atoms with E-state index in [0.717, 1.165) is 31.5 Å². The summed E-state index contributed by atoms with van der Waals surface area (Å²) < 4.78 is 5.28. The van der Waals surface area contributed by atoms with E-state index >= 15 is 0 Å². The van der Waals surface area contributed by atoms with Crippen LogP contribution in [-0.2, 0) is 0 Å². The smallest absolute Gasteiger partial charge is 0.295 e. The Labute approximate surface area is 124 Å². The van der Waals surface area contributed by atoms with E-state index in [4.69, 9.17) is 4.42 Å². The lowest BCUT2D eigenvalue weighted by Gasteiger charge is -2.33. The van der Waals surface area contributed by atoms with Crippen LogP contribution in [0.15, 0.2) is 41.1 Å². The number of carbonyl (C=O) groups excluding carboxylic acids is 1. The van der Waals surface area contributed by atoms with Crippen molar-refractivity contribution < 1.29 is 9.21 Å². The molecule has 0 aliphatic carbocycles. The number of nitrogens with zero attached hydrogens (tertiary/aromatic N) is 2. The standard InChI is InChI=1S/C16H19N3O2/c1-12-4-5-15(18-11-12)19(13-6-8-17-9-7-13)16(20)14-3-2-10-21-14/h2-5,10-11,13,17H,6-9H2,1H3. The van der Waals surface area contributed by atoms with Crippen LogP contribution < -0.4 is 10.2 Å². The maximum Gasteiger partial charge on any atom is 0.295 e. The summed E-state index contributed by atoms with van der Waals surface area (Å²) in [6.45, 7) is 3.82. The van der Waals surface area contributed by atoms with Crippen molar-refractivity contribution in [2.45, 2.75) is 25.8 Å². The Morgan fingerprint density at radius 1 is 1.33 bits per heavy atom. The zero-order chi connectivity index (χ0) is 14.7. The van der Waals surface area contributed by atoms with E-state index in [2.05, 4.69) is 10.3 Å². The Bertz CT molecular complexity index is 586. The van der Waals surface area contributed by atoms with Crippen LogP contribution in [0.2, 0.25) is 0 Å². The fraction of sp³-hybridized carbons (Fsp3) is 0.375. The first-order valence-electron chi connectivity index (χ1n) is 7.26. The molecule has 3 rings (SSSR count). The third-order valence-corrected chi connectivity index (χ3v) is 3.77. The summed E-state index contributed by atoms with van der Waals surface area (Å²) in [6, 6.07) is 7.46. The van der Waals surface area contributed by atoms with Gasteiger partial charge in [0.25, 0.3) is 5.91 Å². The van der Waals surface area contributed by atoms with Gasteiger partial charge < -0.3 is 9.73 Å². The van der Waals surface area contributed by atoms with Gasteiger partial charge in [-0.1, -0.05) is 6.07 Å². The summed E-state index contributed by atoms with van der Waals surface area (Å²) in [6.07, 6.45) is 5.15. The number of amides is 1. The SMILES string of the molecule is Cc1ccc(N(C(=O)c2ccco2)C2CCNCC2)nc1. The Morgan fingerprint density at radius 2 is 2.14 bits per heavy atom. The predicted octanol–water partition coefficient (Wildman–Crippen LogP) is 2.38. The number of piperidine rings is 1. The summed E-state index contributed by atoms with van der Waals surface area (Å²) in [4.78, 5) is 19.0. The largest absolute Gasteiger partial charge is 0.459 e. The van der Waals surface area contributed by atoms with E-state index in [9.17, 15) is 4.79 Å². The summed E-state index contributed by atoms with van der Waals surface area (Å²) in [7, 11) is 0. The topological polar surface area (TPSA) is 58.4 Å². The molecule has 0 saturated carbocycles. The second-order valence-electron chi connectivity index (χ2n) is 5.33. The van der Waals surface area contributed by atoms with Crippen LogP contribution in [0, 0.1) is 6.92 Å². The van der Waals surface area contributed by atoms with Gasteiger partial charge in [-0.15, -0.1) is 0 Å². The summed E-state index contributed by atoms with van der Waals surface area (Å²) in [5, 5.41) is 3.32. The van der Waals surface area contributed by atoms with Gasteiger partial charge >= 0.3 is 0 Å². The number of pyridine rings is 1. The van der Waals surface area contributed by atoms with Gasteiger partial charge in [0, 0.05) is 12.2 Å². The molecule has 1 saturated heterocycles. The van der Waals surface area contributed by atoms with Gasteiger partial charge in [-0.05, 0) is 56.6 Å². The molecule has 0 aromatic carbocycles. The van der Waals surface area contributed by atoms with Gasteiger partial charge in [0.15, 0.2) is 5.76 Å². The second-order valence-corrected chi connectivity index (χ2v) is 5.33. The zero-order valence-electron chi connectivity index (χ0n) is 12.1. The lowest BCUT2D eigenvalue weighted by Crippen LogP contribution is -2.46. The van der Waals surface area contributed by atoms with Gasteiger partial charge in [-0.2, -0.15) is 0 Å². The number of anilines is 1. The fourth-order valence-corrected chi connectivity index (χ4v) is 2.64. The minimum Gasteiger partial charge on any atom is -0.459 e. The van der Waals surface area contributed by atoms with Crippen LogP contribution in [0.4, 0.5) is 5.82 Å². The minimum absolute atomic E-state index is 0.122. The number of rotatable bonds is 3. The summed E-state index contributed by atoms with van der Waals surface area (Å²) in [5.41, 5.74) is 1.08. The summed E-state index contributed by atoms with van der Waals surface area (Å²) >= 11 is 0. The van der Waals surface area contributed by atoms with Crippen molar-refractivity contribution >= 4 is 11.7 Å². The molecule has 5 nitrogen and oxygen atoms in total. The molecule has 1 fully saturated rings. The third kappa shape index (κ3) is 2.97. The van der Waals surface area contributed by atoms with Crippen molar-refractivity contribution in [2.24, 2.45) is 0 Å². The number of aromatic nitrogens is 1. The molecule has 1 aliphatic rings. The van der Waals surface area contributed by atoms with Gasteiger partial charge in [-0.3, -0.25) is 9.69 Å². The van der Waals surface area contributed by atoms with Crippen LogP contribution in [0.5, 0.6) is 0 Å². The highest BCUT2D eigenvalue weighted by atomic mass is 16.3. The van der Waals surface area contributed by atoms with Gasteiger partial charge in [0.1, 0.15) is 5.82 Å². The molecular formula is C16H19N3O2. The molecule has 1 N–H and O–H groups in total. The molecule has 0 atom stereocenters. The number of aryl methyl sites for hydroxylation is 1. The predicted molar refractivity (Wildman–Crippen MR) is 80.4 cm³/mol. The van der Waals surface area contributed by atoms with Gasteiger partial charge in [-0.25, -0.2) is 4.98 Å². The Morgan fingerprint density at radius 3 is 2.76 bits per heavy atom. The maximum absolute atomic E-state index is 12.8. The van der Waals surface area contributed by atoms with Crippen LogP contribution in [0.25, 0.3) is 0 Å². The monoisotopic (exact) mass is 285 g/mol. The molecule has 0 bridgehead atoms. The van der Waals surface area contributed by atoms with Crippen LogP contribution in [-0.4, -0.2) is 30.0 Å². The minimum atomic E-state index is -0.122. The first-order valence-corrected chi connectivity index (χ1v) is 7.26. The third-order valence-electron chi connectivity index (χ3n) is 3.77. The first kappa shape index (κ1) is 13.8. The van der Waals surface area contributed by atoms with Crippen molar-refractivity contribution in [1.82, 2.24) is 10.3 Å². The molecular weight excluding hydrogens is 266 g/mol. The first-order chi connectivity index (χ1) is 10.3. The lowest BCUT2D eigenvalue weighted by atomic mass is 10.0. The fourth-order valence-electron chi connectivity index (χ4n) is 2.64. The van der Waals surface area contributed by atoms with Crippen molar-refractivity contribution in [2.75, 3.05) is 18.0 Å². The molecule has 1 amide bonds. The highest BCUT2D eigenvalue weighted by Crippen LogP contribution is 2.23. The highest BCUT2D eigenvalue weighted by molar-refractivity contribution is 6.04. The van der Waals surface area contributed by atoms with E-state index < -0.39 is 0 Å². The molecule has 1 aliphatic heterocycles.